The normalized spacial score (nSPS) is 12.9. The smallest absolute Gasteiger partial charge is 0.247 e. The number of rotatable bonds is 5. The Bertz CT molecular complexity index is 794. The van der Waals surface area contributed by atoms with Crippen molar-refractivity contribution in [1.29, 1.82) is 0 Å². The lowest BCUT2D eigenvalue weighted by Gasteiger charge is -2.25. The van der Waals surface area contributed by atoms with Gasteiger partial charge in [-0.2, -0.15) is 4.31 Å². The Hall–Kier alpha value is -1.89. The predicted molar refractivity (Wildman–Crippen MR) is 91.9 cm³/mol. The summed E-state index contributed by atoms with van der Waals surface area (Å²) in [6, 6.07) is 14.5. The summed E-state index contributed by atoms with van der Waals surface area (Å²) in [5.74, 6) is -0.475. The molecule has 2 rings (SSSR count). The second-order valence-electron chi connectivity index (χ2n) is 5.06. The number of sulfonamides is 1. The molecule has 0 bridgehead atoms. The number of halogens is 1. The third-order valence-corrected chi connectivity index (χ3v) is 4.97. The molecule has 0 aliphatic carbocycles. The van der Waals surface area contributed by atoms with Crippen LogP contribution in [-0.4, -0.2) is 31.9 Å². The third kappa shape index (κ3) is 4.31. The third-order valence-electron chi connectivity index (χ3n) is 3.38. The highest BCUT2D eigenvalue weighted by molar-refractivity contribution is 7.88. The van der Waals surface area contributed by atoms with Gasteiger partial charge in [-0.1, -0.05) is 54.1 Å². The van der Waals surface area contributed by atoms with E-state index >= 15 is 0 Å². The van der Waals surface area contributed by atoms with Crippen molar-refractivity contribution in [3.05, 3.63) is 65.2 Å². The quantitative estimate of drug-likeness (QED) is 0.899. The molecule has 122 valence electrons. The molecule has 1 atom stereocenters. The van der Waals surface area contributed by atoms with E-state index in [0.717, 1.165) is 10.6 Å². The molecule has 0 aliphatic heterocycles. The number of likely N-dealkylation sites (N-methyl/N-ethyl adjacent to an activating group) is 1. The summed E-state index contributed by atoms with van der Waals surface area (Å²) in [5.41, 5.74) is 1.01. The largest absolute Gasteiger partial charge is 0.323 e. The second kappa shape index (κ2) is 7.12. The molecular weight excluding hydrogens is 336 g/mol. The average molecular weight is 353 g/mol. The Morgan fingerprint density at radius 3 is 2.22 bits per heavy atom. The van der Waals surface area contributed by atoms with Crippen molar-refractivity contribution >= 4 is 33.2 Å². The van der Waals surface area contributed by atoms with E-state index in [1.807, 2.05) is 0 Å². The highest BCUT2D eigenvalue weighted by Gasteiger charge is 2.30. The van der Waals surface area contributed by atoms with E-state index in [2.05, 4.69) is 5.32 Å². The second-order valence-corrected chi connectivity index (χ2v) is 7.51. The minimum atomic E-state index is -3.56. The van der Waals surface area contributed by atoms with Crippen LogP contribution < -0.4 is 5.32 Å². The van der Waals surface area contributed by atoms with Crippen LogP contribution in [0.4, 0.5) is 5.69 Å². The lowest BCUT2D eigenvalue weighted by Crippen LogP contribution is -2.38. The van der Waals surface area contributed by atoms with Gasteiger partial charge in [-0.25, -0.2) is 8.42 Å². The van der Waals surface area contributed by atoms with Crippen molar-refractivity contribution in [1.82, 2.24) is 4.31 Å². The first-order chi connectivity index (χ1) is 10.8. The van der Waals surface area contributed by atoms with Gasteiger partial charge < -0.3 is 5.32 Å². The van der Waals surface area contributed by atoms with Crippen molar-refractivity contribution in [2.45, 2.75) is 6.04 Å². The first kappa shape index (κ1) is 17.5. The molecule has 0 saturated carbocycles. The van der Waals surface area contributed by atoms with E-state index in [9.17, 15) is 13.2 Å². The van der Waals surface area contributed by atoms with Gasteiger partial charge in [0, 0.05) is 7.05 Å². The number of anilines is 1. The number of benzene rings is 2. The zero-order valence-electron chi connectivity index (χ0n) is 12.7. The van der Waals surface area contributed by atoms with E-state index in [1.165, 1.54) is 7.05 Å². The van der Waals surface area contributed by atoms with E-state index < -0.39 is 22.0 Å². The van der Waals surface area contributed by atoms with Gasteiger partial charge in [0.2, 0.25) is 15.9 Å². The topological polar surface area (TPSA) is 66.5 Å². The van der Waals surface area contributed by atoms with Crippen LogP contribution in [0.25, 0.3) is 0 Å². The molecule has 23 heavy (non-hydrogen) atoms. The van der Waals surface area contributed by atoms with Crippen LogP contribution in [0.2, 0.25) is 5.02 Å². The maximum atomic E-state index is 12.7. The van der Waals surface area contributed by atoms with E-state index in [1.54, 1.807) is 54.6 Å². The lowest BCUT2D eigenvalue weighted by atomic mass is 10.1. The number of nitrogens with zero attached hydrogens (tertiary/aromatic N) is 1. The molecule has 0 aliphatic rings. The van der Waals surface area contributed by atoms with Crippen LogP contribution in [-0.2, 0) is 14.8 Å². The SMILES string of the molecule is CN(C(C(=O)Nc1ccccc1Cl)c1ccccc1)S(C)(=O)=O. The summed E-state index contributed by atoms with van der Waals surface area (Å²) >= 11 is 6.04. The van der Waals surface area contributed by atoms with Crippen molar-refractivity contribution in [2.24, 2.45) is 0 Å². The van der Waals surface area contributed by atoms with Gasteiger partial charge in [0.15, 0.2) is 0 Å². The molecule has 7 heteroatoms. The Kier molecular flexibility index (Phi) is 5.41. The minimum absolute atomic E-state index is 0.384. The first-order valence-electron chi connectivity index (χ1n) is 6.84. The van der Waals surface area contributed by atoms with E-state index in [4.69, 9.17) is 11.6 Å². The summed E-state index contributed by atoms with van der Waals surface area (Å²) in [4.78, 5) is 12.7. The molecule has 2 aromatic carbocycles. The molecule has 0 aromatic heterocycles. The molecule has 0 heterocycles. The van der Waals surface area contributed by atoms with Crippen molar-refractivity contribution < 1.29 is 13.2 Å². The van der Waals surface area contributed by atoms with Gasteiger partial charge >= 0.3 is 0 Å². The van der Waals surface area contributed by atoms with Crippen molar-refractivity contribution in [3.63, 3.8) is 0 Å². The molecule has 2 aromatic rings. The predicted octanol–water partition coefficient (Wildman–Crippen LogP) is 2.91. The maximum absolute atomic E-state index is 12.7. The Labute approximate surface area is 140 Å². The van der Waals surface area contributed by atoms with Crippen LogP contribution >= 0.6 is 11.6 Å². The minimum Gasteiger partial charge on any atom is -0.323 e. The molecule has 0 fully saturated rings. The fourth-order valence-corrected chi connectivity index (χ4v) is 2.90. The van der Waals surface area contributed by atoms with Crippen LogP contribution in [0, 0.1) is 0 Å². The van der Waals surface area contributed by atoms with Gasteiger partial charge in [0.1, 0.15) is 6.04 Å². The van der Waals surface area contributed by atoms with Crippen molar-refractivity contribution in [3.8, 4) is 0 Å². The summed E-state index contributed by atoms with van der Waals surface area (Å²) in [5, 5.41) is 3.07. The molecule has 0 saturated heterocycles. The molecule has 0 radical (unpaired) electrons. The maximum Gasteiger partial charge on any atom is 0.247 e. The molecule has 1 N–H and O–H groups in total. The van der Waals surface area contributed by atoms with Crippen molar-refractivity contribution in [2.75, 3.05) is 18.6 Å². The Morgan fingerprint density at radius 2 is 1.65 bits per heavy atom. The Morgan fingerprint density at radius 1 is 1.09 bits per heavy atom. The lowest BCUT2D eigenvalue weighted by molar-refractivity contribution is -0.119. The number of para-hydroxylation sites is 1. The highest BCUT2D eigenvalue weighted by atomic mass is 35.5. The number of carbonyl (C=O) groups excluding carboxylic acids is 1. The molecule has 1 unspecified atom stereocenters. The van der Waals surface area contributed by atoms with Gasteiger partial charge in [-0.3, -0.25) is 4.79 Å². The van der Waals surface area contributed by atoms with Crippen LogP contribution in [0.1, 0.15) is 11.6 Å². The highest BCUT2D eigenvalue weighted by Crippen LogP contribution is 2.26. The summed E-state index contributed by atoms with van der Waals surface area (Å²) < 4.78 is 24.8. The zero-order chi connectivity index (χ0) is 17.0. The van der Waals surface area contributed by atoms with Gasteiger partial charge in [0.05, 0.1) is 17.0 Å². The van der Waals surface area contributed by atoms with Gasteiger partial charge in [-0.15, -0.1) is 0 Å². The molecule has 0 spiro atoms. The average Bonchev–Trinajstić information content (AvgIpc) is 2.50. The Balaban J connectivity index is 2.38. The summed E-state index contributed by atoms with van der Waals surface area (Å²) in [6.07, 6.45) is 1.06. The number of hydrogen-bond acceptors (Lipinski definition) is 3. The van der Waals surface area contributed by atoms with Crippen LogP contribution in [0.15, 0.2) is 54.6 Å². The first-order valence-corrected chi connectivity index (χ1v) is 9.06. The number of nitrogens with one attached hydrogen (secondary N) is 1. The molecule has 5 nitrogen and oxygen atoms in total. The van der Waals surface area contributed by atoms with Gasteiger partial charge in [-0.05, 0) is 17.7 Å². The number of amides is 1. The monoisotopic (exact) mass is 352 g/mol. The van der Waals surface area contributed by atoms with Crippen LogP contribution in [0.3, 0.4) is 0 Å². The molecule has 1 amide bonds. The summed E-state index contributed by atoms with van der Waals surface area (Å²) in [6.45, 7) is 0. The zero-order valence-corrected chi connectivity index (χ0v) is 14.3. The number of carbonyl (C=O) groups is 1. The fraction of sp³-hybridized carbons (Fsp3) is 0.188. The number of hydrogen-bond donors (Lipinski definition) is 1. The fourth-order valence-electron chi connectivity index (χ4n) is 2.12. The summed E-state index contributed by atoms with van der Waals surface area (Å²) in [7, 11) is -2.18. The van der Waals surface area contributed by atoms with E-state index in [0.29, 0.717) is 16.3 Å². The standard InChI is InChI=1S/C16H17ClN2O3S/c1-19(23(2,21)22)15(12-8-4-3-5-9-12)16(20)18-14-11-7-6-10-13(14)17/h3-11,15H,1-2H3,(H,18,20). The van der Waals surface area contributed by atoms with Crippen LogP contribution in [0.5, 0.6) is 0 Å². The van der Waals surface area contributed by atoms with Gasteiger partial charge in [0.25, 0.3) is 0 Å². The van der Waals surface area contributed by atoms with E-state index in [-0.39, 0.29) is 0 Å². The molecular formula is C16H17ClN2O3S.